The number of hydrazine groups is 1. The summed E-state index contributed by atoms with van der Waals surface area (Å²) in [6, 6.07) is 8.58. The van der Waals surface area contributed by atoms with Crippen LogP contribution >= 0.6 is 34.5 Å². The number of anilines is 1. The van der Waals surface area contributed by atoms with E-state index in [2.05, 4.69) is 16.1 Å². The van der Waals surface area contributed by atoms with Gasteiger partial charge in [-0.15, -0.1) is 0 Å². The lowest BCUT2D eigenvalue weighted by Gasteiger charge is -2.08. The number of phenols is 1. The number of halogens is 2. The van der Waals surface area contributed by atoms with E-state index in [4.69, 9.17) is 23.2 Å². The maximum atomic E-state index is 12.3. The van der Waals surface area contributed by atoms with Crippen molar-refractivity contribution in [3.05, 3.63) is 71.1 Å². The summed E-state index contributed by atoms with van der Waals surface area (Å²) in [6.07, 6.45) is 1.71. The van der Waals surface area contributed by atoms with Crippen LogP contribution in [0.4, 0.5) is 5.69 Å². The molecule has 1 aliphatic heterocycles. The van der Waals surface area contributed by atoms with E-state index in [-0.39, 0.29) is 33.1 Å². The third kappa shape index (κ3) is 3.23. The Balaban J connectivity index is 1.73. The first kappa shape index (κ1) is 17.7. The van der Waals surface area contributed by atoms with Crippen LogP contribution < -0.4 is 26.4 Å². The van der Waals surface area contributed by atoms with Crippen LogP contribution in [0.15, 0.2) is 40.2 Å². The van der Waals surface area contributed by atoms with Crippen molar-refractivity contribution in [2.75, 3.05) is 5.43 Å². The molecule has 1 aliphatic rings. The Labute approximate surface area is 166 Å². The Bertz CT molecular complexity index is 1240. The fraction of sp³-hybridized carbons (Fsp3) is 0.0588. The molecule has 2 aromatic carbocycles. The number of fused-ring (bicyclic) bond motifs is 1. The number of phenolic OH excluding ortho intramolecular Hbond substituents is 1. The smallest absolute Gasteiger partial charge is 0.310 e. The van der Waals surface area contributed by atoms with Crippen molar-refractivity contribution in [1.82, 2.24) is 10.1 Å². The lowest BCUT2D eigenvalue weighted by atomic mass is 10.2. The number of thiazole rings is 1. The molecule has 0 bridgehead atoms. The van der Waals surface area contributed by atoms with Gasteiger partial charge in [0.1, 0.15) is 5.36 Å². The topological polar surface area (TPSA) is 98.9 Å². The Morgan fingerprint density at radius 2 is 2.04 bits per heavy atom. The minimum Gasteiger partial charge on any atom is -0.505 e. The second-order valence-corrected chi connectivity index (χ2v) is 7.56. The summed E-state index contributed by atoms with van der Waals surface area (Å²) in [5.74, 6) is -0.429. The highest BCUT2D eigenvalue weighted by molar-refractivity contribution is 7.10. The fourth-order valence-corrected chi connectivity index (χ4v) is 3.94. The van der Waals surface area contributed by atoms with Gasteiger partial charge in [-0.2, -0.15) is 5.10 Å². The van der Waals surface area contributed by atoms with Gasteiger partial charge in [-0.25, -0.2) is 5.53 Å². The van der Waals surface area contributed by atoms with Gasteiger partial charge in [0.05, 0.1) is 27.2 Å². The molecule has 0 saturated carbocycles. The predicted octanol–water partition coefficient (Wildman–Crippen LogP) is 1.97. The van der Waals surface area contributed by atoms with Crippen molar-refractivity contribution in [1.29, 1.82) is 0 Å². The molecule has 0 unspecified atom stereocenters. The summed E-state index contributed by atoms with van der Waals surface area (Å²) >= 11 is 12.8. The molecule has 0 atom stereocenters. The zero-order valence-corrected chi connectivity index (χ0v) is 15.9. The van der Waals surface area contributed by atoms with Gasteiger partial charge < -0.3 is 10.2 Å². The van der Waals surface area contributed by atoms with Gasteiger partial charge >= 0.3 is 4.87 Å². The Morgan fingerprint density at radius 1 is 1.22 bits per heavy atom. The molecule has 0 amide bonds. The average Bonchev–Trinajstić information content (AvgIpc) is 3.21. The van der Waals surface area contributed by atoms with Crippen LogP contribution in [0.2, 0.25) is 10.0 Å². The molecule has 138 valence electrons. The van der Waals surface area contributed by atoms with E-state index in [9.17, 15) is 15.0 Å². The molecule has 4 rings (SSSR count). The highest BCUT2D eigenvalue weighted by atomic mass is 35.5. The molecule has 3 aromatic rings. The number of rotatable bonds is 3. The number of aromatic nitrogens is 1. The van der Waals surface area contributed by atoms with E-state index in [1.54, 1.807) is 12.1 Å². The summed E-state index contributed by atoms with van der Waals surface area (Å²) < 4.78 is 1.19. The number of hydrogen-bond acceptors (Lipinski definition) is 7. The molecule has 10 heteroatoms. The van der Waals surface area contributed by atoms with E-state index in [0.29, 0.717) is 10.4 Å². The molecule has 7 nitrogen and oxygen atoms in total. The molecule has 27 heavy (non-hydrogen) atoms. The Kier molecular flexibility index (Phi) is 4.47. The van der Waals surface area contributed by atoms with Crippen molar-refractivity contribution in [3.8, 4) is 11.6 Å². The summed E-state index contributed by atoms with van der Waals surface area (Å²) in [5.41, 5.74) is 6.83. The summed E-state index contributed by atoms with van der Waals surface area (Å²) in [6.45, 7) is 0.00706. The van der Waals surface area contributed by atoms with Crippen molar-refractivity contribution >= 4 is 46.3 Å². The summed E-state index contributed by atoms with van der Waals surface area (Å²) in [4.78, 5) is 12.4. The summed E-state index contributed by atoms with van der Waals surface area (Å²) in [7, 11) is 0. The number of hydrogen-bond donors (Lipinski definition) is 4. The molecule has 0 radical (unpaired) electrons. The van der Waals surface area contributed by atoms with Gasteiger partial charge in [0, 0.05) is 0 Å². The molecule has 0 fully saturated rings. The first-order valence-electron chi connectivity index (χ1n) is 7.73. The highest BCUT2D eigenvalue weighted by Crippen LogP contribution is 2.35. The van der Waals surface area contributed by atoms with E-state index < -0.39 is 0 Å². The average molecular weight is 423 g/mol. The molecule has 4 N–H and O–H groups in total. The molecular formula is C17H12Cl2N4O3S. The third-order valence-corrected chi connectivity index (χ3v) is 5.70. The van der Waals surface area contributed by atoms with Crippen LogP contribution in [-0.2, 0) is 6.54 Å². The molecule has 0 aliphatic carbocycles. The number of benzene rings is 2. The summed E-state index contributed by atoms with van der Waals surface area (Å²) in [5, 5.41) is 26.1. The van der Waals surface area contributed by atoms with E-state index >= 15 is 0 Å². The normalized spacial score (nSPS) is 13.0. The minimum atomic E-state index is -0.347. The van der Waals surface area contributed by atoms with E-state index in [1.807, 2.05) is 18.2 Å². The third-order valence-electron chi connectivity index (χ3n) is 4.05. The fourth-order valence-electron chi connectivity index (χ4n) is 2.66. The molecule has 1 aromatic heterocycles. The van der Waals surface area contributed by atoms with Crippen molar-refractivity contribution in [2.45, 2.75) is 6.54 Å². The van der Waals surface area contributed by atoms with Crippen LogP contribution in [0.25, 0.3) is 6.08 Å². The zero-order valence-electron chi connectivity index (χ0n) is 13.5. The van der Waals surface area contributed by atoms with Crippen molar-refractivity contribution < 1.29 is 10.2 Å². The zero-order chi connectivity index (χ0) is 19.1. The largest absolute Gasteiger partial charge is 0.505 e. The van der Waals surface area contributed by atoms with Crippen LogP contribution in [0.5, 0.6) is 11.6 Å². The molecule has 0 saturated heterocycles. The number of nitrogens with zero attached hydrogens (tertiary/aromatic N) is 2. The van der Waals surface area contributed by atoms with E-state index in [1.165, 1.54) is 10.6 Å². The Morgan fingerprint density at radius 3 is 2.85 bits per heavy atom. The van der Waals surface area contributed by atoms with Crippen molar-refractivity contribution in [2.24, 2.45) is 5.10 Å². The van der Waals surface area contributed by atoms with Crippen LogP contribution in [-0.4, -0.2) is 14.8 Å². The van der Waals surface area contributed by atoms with Gasteiger partial charge in [-0.1, -0.05) is 46.7 Å². The number of nitrogens with one attached hydrogen (secondary N) is 2. The Hall–Kier alpha value is -2.68. The highest BCUT2D eigenvalue weighted by Gasteiger charge is 2.16. The maximum Gasteiger partial charge on any atom is 0.310 e. The van der Waals surface area contributed by atoms with Crippen LogP contribution in [0, 0.1) is 0 Å². The van der Waals surface area contributed by atoms with Gasteiger partial charge in [0.25, 0.3) is 0 Å². The van der Waals surface area contributed by atoms with Gasteiger partial charge in [0.2, 0.25) is 5.88 Å². The lowest BCUT2D eigenvalue weighted by Crippen LogP contribution is -2.13. The molecule has 0 spiro atoms. The number of aromatic hydroxyl groups is 2. The predicted molar refractivity (Wildman–Crippen MR) is 105 cm³/mol. The first-order chi connectivity index (χ1) is 12.9. The van der Waals surface area contributed by atoms with E-state index in [0.717, 1.165) is 27.6 Å². The van der Waals surface area contributed by atoms with Gasteiger partial charge in [-0.05, 0) is 35.1 Å². The van der Waals surface area contributed by atoms with Gasteiger partial charge in [0.15, 0.2) is 5.75 Å². The first-order valence-corrected chi connectivity index (χ1v) is 9.30. The molecular weight excluding hydrogens is 411 g/mol. The van der Waals surface area contributed by atoms with Crippen LogP contribution in [0.1, 0.15) is 10.4 Å². The maximum absolute atomic E-state index is 12.3. The monoisotopic (exact) mass is 422 g/mol. The SMILES string of the molecule is O=c1sc(/C=c2\ccc3c(c2)NNN=3)c(O)n1Cc1ccc(Cl)c(O)c1Cl. The quantitative estimate of drug-likeness (QED) is 0.517. The van der Waals surface area contributed by atoms with Crippen LogP contribution in [0.3, 0.4) is 0 Å². The molecule has 2 heterocycles. The standard InChI is InChI=1S/C17H12Cl2N4O3S/c18-10-3-2-9(14(19)15(10)24)7-23-16(25)13(27-17(23)26)6-8-1-4-11-12(5-8)21-22-20-11/h1-6,21-22,24-25H,7H2/b8-6+. The minimum absolute atomic E-state index is 0.00706. The van der Waals surface area contributed by atoms with Crippen molar-refractivity contribution in [3.63, 3.8) is 0 Å². The second kappa shape index (κ2) is 6.80. The van der Waals surface area contributed by atoms with Gasteiger partial charge in [-0.3, -0.25) is 14.8 Å². The lowest BCUT2D eigenvalue weighted by molar-refractivity contribution is 0.420. The second-order valence-electron chi connectivity index (χ2n) is 5.78.